The molecule has 1 aliphatic rings. The number of nitrogens with zero attached hydrogens (tertiary/aromatic N) is 4. The summed E-state index contributed by atoms with van der Waals surface area (Å²) in [5.41, 5.74) is 1.21. The molecule has 1 N–H and O–H groups in total. The average Bonchev–Trinajstić information content (AvgIpc) is 2.81. The molecular weight excluding hydrogens is 472 g/mol. The second-order valence-corrected chi connectivity index (χ2v) is 8.92. The number of thioether (sulfide) groups is 1. The average molecular weight is 492 g/mol. The minimum Gasteiger partial charge on any atom is -0.366 e. The van der Waals surface area contributed by atoms with E-state index in [9.17, 15) is 9.18 Å². The number of nitrogens with one attached hydrogen (secondary N) is 1. The molecule has 2 aromatic carbocycles. The fourth-order valence-electron chi connectivity index (χ4n) is 3.38. The second-order valence-electron chi connectivity index (χ2n) is 7.11. The monoisotopic (exact) mass is 491 g/mol. The summed E-state index contributed by atoms with van der Waals surface area (Å²) in [4.78, 5) is 25.1. The SMILES string of the molecule is O=C(CSc1cc(N2CCN(c3ccccc3F)CC2)ncn1)Nc1ccc(Cl)c(Cl)c1. The van der Waals surface area contributed by atoms with Crippen LogP contribution in [0.1, 0.15) is 0 Å². The fraction of sp³-hybridized carbons (Fsp3) is 0.227. The molecule has 1 aromatic heterocycles. The van der Waals surface area contributed by atoms with E-state index in [2.05, 4.69) is 20.2 Å². The Morgan fingerprint density at radius 1 is 1.00 bits per heavy atom. The molecule has 0 bridgehead atoms. The molecule has 6 nitrogen and oxygen atoms in total. The maximum Gasteiger partial charge on any atom is 0.234 e. The third-order valence-electron chi connectivity index (χ3n) is 4.98. The molecule has 4 rings (SSSR count). The van der Waals surface area contributed by atoms with Gasteiger partial charge in [0, 0.05) is 37.9 Å². The molecule has 0 atom stereocenters. The number of piperazine rings is 1. The zero-order chi connectivity index (χ0) is 22.5. The van der Waals surface area contributed by atoms with Gasteiger partial charge < -0.3 is 15.1 Å². The molecule has 0 unspecified atom stereocenters. The van der Waals surface area contributed by atoms with Crippen LogP contribution in [0.3, 0.4) is 0 Å². The van der Waals surface area contributed by atoms with E-state index in [0.717, 1.165) is 5.82 Å². The van der Waals surface area contributed by atoms with Crippen LogP contribution in [-0.4, -0.2) is 47.8 Å². The van der Waals surface area contributed by atoms with Crippen LogP contribution >= 0.6 is 35.0 Å². The van der Waals surface area contributed by atoms with E-state index in [0.29, 0.717) is 52.6 Å². The van der Waals surface area contributed by atoms with Crippen LogP contribution < -0.4 is 15.1 Å². The van der Waals surface area contributed by atoms with Gasteiger partial charge in [-0.05, 0) is 30.3 Å². The van der Waals surface area contributed by atoms with Crippen LogP contribution in [0, 0.1) is 5.82 Å². The van der Waals surface area contributed by atoms with Gasteiger partial charge in [0.1, 0.15) is 23.0 Å². The number of carbonyl (C=O) groups excluding carboxylic acids is 1. The van der Waals surface area contributed by atoms with Crippen molar-refractivity contribution in [1.82, 2.24) is 9.97 Å². The van der Waals surface area contributed by atoms with E-state index < -0.39 is 0 Å². The number of hydrogen-bond acceptors (Lipinski definition) is 6. The Hall–Kier alpha value is -2.55. The van der Waals surface area contributed by atoms with Crippen molar-refractivity contribution in [3.8, 4) is 0 Å². The second kappa shape index (κ2) is 10.4. The molecule has 1 aliphatic heterocycles. The number of benzene rings is 2. The highest BCUT2D eigenvalue weighted by atomic mass is 35.5. The molecular formula is C22H20Cl2FN5OS. The van der Waals surface area contributed by atoms with Gasteiger partial charge in [-0.2, -0.15) is 0 Å². The Bertz CT molecular complexity index is 1110. The van der Waals surface area contributed by atoms with Gasteiger partial charge in [-0.25, -0.2) is 14.4 Å². The van der Waals surface area contributed by atoms with Crippen molar-refractivity contribution in [3.05, 3.63) is 70.7 Å². The maximum absolute atomic E-state index is 14.0. The molecule has 166 valence electrons. The Balaban J connectivity index is 1.31. The zero-order valence-corrected chi connectivity index (χ0v) is 19.3. The summed E-state index contributed by atoms with van der Waals surface area (Å²) in [5.74, 6) is 0.603. The summed E-state index contributed by atoms with van der Waals surface area (Å²) in [5, 5.41) is 4.31. The predicted octanol–water partition coefficient (Wildman–Crippen LogP) is 4.98. The number of rotatable bonds is 6. The van der Waals surface area contributed by atoms with Crippen LogP contribution in [-0.2, 0) is 4.79 Å². The first-order chi connectivity index (χ1) is 15.5. The summed E-state index contributed by atoms with van der Waals surface area (Å²) in [6.07, 6.45) is 1.50. The van der Waals surface area contributed by atoms with Gasteiger partial charge in [0.2, 0.25) is 5.91 Å². The molecule has 1 saturated heterocycles. The zero-order valence-electron chi connectivity index (χ0n) is 17.0. The van der Waals surface area contributed by atoms with Gasteiger partial charge in [0.25, 0.3) is 0 Å². The summed E-state index contributed by atoms with van der Waals surface area (Å²) >= 11 is 13.2. The van der Waals surface area contributed by atoms with E-state index in [4.69, 9.17) is 23.2 Å². The van der Waals surface area contributed by atoms with Crippen molar-refractivity contribution < 1.29 is 9.18 Å². The van der Waals surface area contributed by atoms with E-state index in [-0.39, 0.29) is 17.5 Å². The summed E-state index contributed by atoms with van der Waals surface area (Å²) in [6, 6.07) is 13.6. The Morgan fingerprint density at radius 2 is 1.75 bits per heavy atom. The van der Waals surface area contributed by atoms with Gasteiger partial charge >= 0.3 is 0 Å². The standard InChI is InChI=1S/C22H20Cl2FN5OS/c23-16-6-5-15(11-17(16)24)28-21(31)13-32-22-12-20(26-14-27-22)30-9-7-29(8-10-30)19-4-2-1-3-18(19)25/h1-6,11-12,14H,7-10,13H2,(H,28,31). The molecule has 10 heteroatoms. The molecule has 32 heavy (non-hydrogen) atoms. The van der Waals surface area contributed by atoms with Crippen LogP contribution in [0.25, 0.3) is 0 Å². The van der Waals surface area contributed by atoms with Crippen molar-refractivity contribution in [2.24, 2.45) is 0 Å². The molecule has 0 aliphatic carbocycles. The number of para-hydroxylation sites is 1. The first-order valence-electron chi connectivity index (χ1n) is 9.94. The number of halogens is 3. The Labute approximate surface area is 199 Å². The normalized spacial score (nSPS) is 13.8. The number of amides is 1. The van der Waals surface area contributed by atoms with Gasteiger partial charge in [-0.3, -0.25) is 4.79 Å². The highest BCUT2D eigenvalue weighted by Crippen LogP contribution is 2.26. The molecule has 2 heterocycles. The third kappa shape index (κ3) is 5.62. The van der Waals surface area contributed by atoms with Crippen molar-refractivity contribution >= 4 is 58.1 Å². The number of aromatic nitrogens is 2. The van der Waals surface area contributed by atoms with Gasteiger partial charge in [0.05, 0.1) is 21.5 Å². The molecule has 1 amide bonds. The lowest BCUT2D eigenvalue weighted by Crippen LogP contribution is -2.47. The maximum atomic E-state index is 14.0. The summed E-state index contributed by atoms with van der Waals surface area (Å²) in [6.45, 7) is 2.82. The van der Waals surface area contributed by atoms with E-state index in [1.165, 1.54) is 24.2 Å². The smallest absolute Gasteiger partial charge is 0.234 e. The van der Waals surface area contributed by atoms with Crippen molar-refractivity contribution in [3.63, 3.8) is 0 Å². The molecule has 3 aromatic rings. The molecule has 0 radical (unpaired) electrons. The molecule has 0 saturated carbocycles. The largest absolute Gasteiger partial charge is 0.366 e. The third-order valence-corrected chi connectivity index (χ3v) is 6.64. The highest BCUT2D eigenvalue weighted by molar-refractivity contribution is 7.99. The van der Waals surface area contributed by atoms with Crippen molar-refractivity contribution in [2.45, 2.75) is 5.03 Å². The number of anilines is 3. The summed E-state index contributed by atoms with van der Waals surface area (Å²) < 4.78 is 14.0. The minimum absolute atomic E-state index is 0.174. The fourth-order valence-corrected chi connectivity index (χ4v) is 4.34. The van der Waals surface area contributed by atoms with Gasteiger partial charge in [-0.15, -0.1) is 0 Å². The lowest BCUT2D eigenvalue weighted by Gasteiger charge is -2.36. The Morgan fingerprint density at radius 3 is 2.50 bits per heavy atom. The Kier molecular flexibility index (Phi) is 7.34. The lowest BCUT2D eigenvalue weighted by atomic mass is 10.2. The minimum atomic E-state index is -0.208. The highest BCUT2D eigenvalue weighted by Gasteiger charge is 2.20. The van der Waals surface area contributed by atoms with Crippen molar-refractivity contribution in [2.75, 3.05) is 47.0 Å². The van der Waals surface area contributed by atoms with Crippen LogP contribution in [0.15, 0.2) is 59.9 Å². The van der Waals surface area contributed by atoms with E-state index >= 15 is 0 Å². The summed E-state index contributed by atoms with van der Waals surface area (Å²) in [7, 11) is 0. The quantitative estimate of drug-likeness (QED) is 0.387. The van der Waals surface area contributed by atoms with Crippen LogP contribution in [0.4, 0.5) is 21.6 Å². The van der Waals surface area contributed by atoms with Crippen LogP contribution in [0.5, 0.6) is 0 Å². The molecule has 0 spiro atoms. The van der Waals surface area contributed by atoms with Gasteiger partial charge in [-0.1, -0.05) is 47.1 Å². The van der Waals surface area contributed by atoms with Gasteiger partial charge in [0.15, 0.2) is 0 Å². The lowest BCUT2D eigenvalue weighted by molar-refractivity contribution is -0.113. The first kappa shape index (κ1) is 22.6. The first-order valence-corrected chi connectivity index (χ1v) is 11.7. The number of carbonyl (C=O) groups is 1. The van der Waals surface area contributed by atoms with E-state index in [1.807, 2.05) is 17.0 Å². The topological polar surface area (TPSA) is 61.4 Å². The van der Waals surface area contributed by atoms with Crippen molar-refractivity contribution in [1.29, 1.82) is 0 Å². The number of hydrogen-bond donors (Lipinski definition) is 1. The van der Waals surface area contributed by atoms with Crippen LogP contribution in [0.2, 0.25) is 10.0 Å². The molecule has 1 fully saturated rings. The predicted molar refractivity (Wildman–Crippen MR) is 129 cm³/mol. The van der Waals surface area contributed by atoms with E-state index in [1.54, 1.807) is 30.3 Å².